The van der Waals surface area contributed by atoms with E-state index in [9.17, 15) is 0 Å². The summed E-state index contributed by atoms with van der Waals surface area (Å²) in [4.78, 5) is 8.30. The Morgan fingerprint density at radius 2 is 1.65 bits per heavy atom. The zero-order valence-electron chi connectivity index (χ0n) is 11.4. The molecule has 4 fully saturated rings. The van der Waals surface area contributed by atoms with Crippen LogP contribution in [0.2, 0.25) is 10.3 Å². The molecular weight excluding hydrogens is 293 g/mol. The molecule has 0 amide bonds. The predicted octanol–water partition coefficient (Wildman–Crippen LogP) is 4.41. The van der Waals surface area contributed by atoms with E-state index in [-0.39, 0.29) is 10.3 Å². The predicted molar refractivity (Wildman–Crippen MR) is 81.1 cm³/mol. The lowest BCUT2D eigenvalue weighted by molar-refractivity contribution is -0.0444. The molecule has 1 N–H and O–H groups in total. The van der Waals surface area contributed by atoms with Crippen LogP contribution in [0.3, 0.4) is 0 Å². The Balaban J connectivity index is 1.47. The second-order valence-corrected chi connectivity index (χ2v) is 7.82. The number of halogens is 2. The highest BCUT2D eigenvalue weighted by atomic mass is 35.5. The van der Waals surface area contributed by atoms with Crippen LogP contribution in [-0.2, 0) is 0 Å². The van der Waals surface area contributed by atoms with Crippen molar-refractivity contribution in [3.05, 3.63) is 16.5 Å². The molecule has 5 heteroatoms. The van der Waals surface area contributed by atoms with Gasteiger partial charge in [0.2, 0.25) is 0 Å². The largest absolute Gasteiger partial charge is 0.368 e. The summed E-state index contributed by atoms with van der Waals surface area (Å²) >= 11 is 11.7. The standard InChI is InChI=1S/C15H19Cl2N3/c16-13-14(17)20-12(7-18-13)19-8-15-4-9-1-10(5-15)3-11(2-9)6-15/h7,9-11H,1-6,8H2,(H,19,20). The molecule has 0 spiro atoms. The summed E-state index contributed by atoms with van der Waals surface area (Å²) in [6, 6.07) is 0. The number of nitrogens with zero attached hydrogens (tertiary/aromatic N) is 2. The molecule has 0 atom stereocenters. The monoisotopic (exact) mass is 311 g/mol. The molecule has 3 nitrogen and oxygen atoms in total. The second kappa shape index (κ2) is 4.74. The van der Waals surface area contributed by atoms with Gasteiger partial charge in [-0.05, 0) is 61.7 Å². The topological polar surface area (TPSA) is 37.8 Å². The third kappa shape index (κ3) is 2.29. The van der Waals surface area contributed by atoms with Gasteiger partial charge in [0, 0.05) is 6.54 Å². The quantitative estimate of drug-likeness (QED) is 0.898. The van der Waals surface area contributed by atoms with Crippen molar-refractivity contribution in [3.8, 4) is 0 Å². The maximum absolute atomic E-state index is 5.92. The summed E-state index contributed by atoms with van der Waals surface area (Å²) in [5, 5.41) is 4.00. The molecule has 1 aromatic rings. The lowest BCUT2D eigenvalue weighted by Crippen LogP contribution is -2.49. The Morgan fingerprint density at radius 3 is 2.20 bits per heavy atom. The first-order chi connectivity index (χ1) is 9.62. The fourth-order valence-electron chi connectivity index (χ4n) is 5.22. The average Bonchev–Trinajstić information content (AvgIpc) is 2.39. The summed E-state index contributed by atoms with van der Waals surface area (Å²) in [6.07, 6.45) is 10.3. The van der Waals surface area contributed by atoms with E-state index in [1.54, 1.807) is 6.20 Å². The van der Waals surface area contributed by atoms with Gasteiger partial charge in [-0.3, -0.25) is 0 Å². The number of hydrogen-bond donors (Lipinski definition) is 1. The van der Waals surface area contributed by atoms with Crippen LogP contribution < -0.4 is 5.32 Å². The van der Waals surface area contributed by atoms with E-state index in [1.165, 1.54) is 38.5 Å². The molecule has 0 saturated heterocycles. The molecule has 20 heavy (non-hydrogen) atoms. The lowest BCUT2D eigenvalue weighted by Gasteiger charge is -2.57. The molecule has 5 rings (SSSR count). The van der Waals surface area contributed by atoms with Crippen molar-refractivity contribution in [1.29, 1.82) is 0 Å². The number of nitrogens with one attached hydrogen (secondary N) is 1. The van der Waals surface area contributed by atoms with Gasteiger partial charge in [-0.2, -0.15) is 0 Å². The number of rotatable bonds is 3. The van der Waals surface area contributed by atoms with Gasteiger partial charge in [-0.25, -0.2) is 9.97 Å². The number of hydrogen-bond acceptors (Lipinski definition) is 3. The van der Waals surface area contributed by atoms with Crippen molar-refractivity contribution >= 4 is 29.0 Å². The molecule has 0 aliphatic heterocycles. The van der Waals surface area contributed by atoms with Crippen LogP contribution in [0.15, 0.2) is 6.20 Å². The zero-order valence-corrected chi connectivity index (χ0v) is 12.9. The summed E-state index contributed by atoms with van der Waals surface area (Å²) in [5.74, 6) is 3.67. The SMILES string of the molecule is Clc1ncc(NCC23CC4CC(CC(C4)C2)C3)nc1Cl. The van der Waals surface area contributed by atoms with Crippen LogP contribution in [0, 0.1) is 23.2 Å². The average molecular weight is 312 g/mol. The van der Waals surface area contributed by atoms with E-state index in [1.807, 2.05) is 0 Å². The summed E-state index contributed by atoms with van der Waals surface area (Å²) in [6.45, 7) is 1.00. The molecule has 1 heterocycles. The van der Waals surface area contributed by atoms with Gasteiger partial charge in [0.05, 0.1) is 6.20 Å². The van der Waals surface area contributed by atoms with E-state index >= 15 is 0 Å². The van der Waals surface area contributed by atoms with E-state index in [2.05, 4.69) is 15.3 Å². The molecule has 0 radical (unpaired) electrons. The normalized spacial score (nSPS) is 38.2. The van der Waals surface area contributed by atoms with Crippen molar-refractivity contribution in [2.45, 2.75) is 38.5 Å². The summed E-state index contributed by atoms with van der Waals surface area (Å²) < 4.78 is 0. The maximum Gasteiger partial charge on any atom is 0.168 e. The second-order valence-electron chi connectivity index (χ2n) is 7.11. The van der Waals surface area contributed by atoms with Crippen molar-refractivity contribution < 1.29 is 0 Å². The number of anilines is 1. The highest BCUT2D eigenvalue weighted by Crippen LogP contribution is 2.59. The lowest BCUT2D eigenvalue weighted by atomic mass is 9.49. The minimum absolute atomic E-state index is 0.270. The van der Waals surface area contributed by atoms with Gasteiger partial charge in [0.25, 0.3) is 0 Å². The van der Waals surface area contributed by atoms with Crippen molar-refractivity contribution in [1.82, 2.24) is 9.97 Å². The van der Waals surface area contributed by atoms with Crippen LogP contribution in [0.25, 0.3) is 0 Å². The van der Waals surface area contributed by atoms with Gasteiger partial charge < -0.3 is 5.32 Å². The molecule has 108 valence electrons. The minimum atomic E-state index is 0.270. The zero-order chi connectivity index (χ0) is 13.7. The molecule has 4 aliphatic rings. The van der Waals surface area contributed by atoms with E-state index < -0.39 is 0 Å². The molecule has 4 bridgehead atoms. The molecule has 0 aromatic carbocycles. The summed E-state index contributed by atoms with van der Waals surface area (Å²) in [7, 11) is 0. The van der Waals surface area contributed by atoms with Crippen LogP contribution in [0.4, 0.5) is 5.82 Å². The third-order valence-electron chi connectivity index (χ3n) is 5.50. The van der Waals surface area contributed by atoms with Gasteiger partial charge in [-0.15, -0.1) is 0 Å². The Kier molecular flexibility index (Phi) is 3.11. The Morgan fingerprint density at radius 1 is 1.05 bits per heavy atom. The first-order valence-corrected chi connectivity index (χ1v) is 8.29. The van der Waals surface area contributed by atoms with Gasteiger partial charge in [-0.1, -0.05) is 23.2 Å². The smallest absolute Gasteiger partial charge is 0.168 e. The number of aromatic nitrogens is 2. The van der Waals surface area contributed by atoms with Crippen LogP contribution in [-0.4, -0.2) is 16.5 Å². The first kappa shape index (κ1) is 13.1. The van der Waals surface area contributed by atoms with Crippen molar-refractivity contribution in [3.63, 3.8) is 0 Å². The molecule has 4 aliphatic carbocycles. The highest BCUT2D eigenvalue weighted by Gasteiger charge is 2.50. The third-order valence-corrected chi connectivity index (χ3v) is 6.14. The Bertz CT molecular complexity index is 497. The highest BCUT2D eigenvalue weighted by molar-refractivity contribution is 6.40. The Hall–Kier alpha value is -0.540. The molecule has 0 unspecified atom stereocenters. The van der Waals surface area contributed by atoms with Crippen molar-refractivity contribution in [2.75, 3.05) is 11.9 Å². The maximum atomic E-state index is 5.92. The fraction of sp³-hybridized carbons (Fsp3) is 0.733. The van der Waals surface area contributed by atoms with E-state index in [4.69, 9.17) is 23.2 Å². The van der Waals surface area contributed by atoms with Crippen LogP contribution in [0.1, 0.15) is 38.5 Å². The van der Waals surface area contributed by atoms with E-state index in [0.29, 0.717) is 5.41 Å². The molecule has 1 aromatic heterocycles. The molecular formula is C15H19Cl2N3. The van der Waals surface area contributed by atoms with Crippen LogP contribution in [0.5, 0.6) is 0 Å². The van der Waals surface area contributed by atoms with Crippen LogP contribution >= 0.6 is 23.2 Å². The van der Waals surface area contributed by atoms with Gasteiger partial charge in [0.1, 0.15) is 5.82 Å². The Labute approximate surface area is 129 Å². The fourth-order valence-corrected chi connectivity index (χ4v) is 5.45. The first-order valence-electron chi connectivity index (χ1n) is 7.54. The van der Waals surface area contributed by atoms with Gasteiger partial charge in [0.15, 0.2) is 10.3 Å². The van der Waals surface area contributed by atoms with Gasteiger partial charge >= 0.3 is 0 Å². The minimum Gasteiger partial charge on any atom is -0.368 e. The van der Waals surface area contributed by atoms with E-state index in [0.717, 1.165) is 30.1 Å². The summed E-state index contributed by atoms with van der Waals surface area (Å²) in [5.41, 5.74) is 0.489. The molecule has 4 saturated carbocycles. The van der Waals surface area contributed by atoms with Crippen molar-refractivity contribution in [2.24, 2.45) is 23.2 Å².